The molecule has 1 aliphatic rings. The predicted octanol–water partition coefficient (Wildman–Crippen LogP) is 1.44. The Morgan fingerprint density at radius 3 is 2.69 bits per heavy atom. The summed E-state index contributed by atoms with van der Waals surface area (Å²) >= 11 is 1.57. The van der Waals surface area contributed by atoms with Gasteiger partial charge in [0.1, 0.15) is 4.83 Å². The van der Waals surface area contributed by atoms with Crippen LogP contribution in [0.25, 0.3) is 27.4 Å². The van der Waals surface area contributed by atoms with Crippen molar-refractivity contribution >= 4 is 37.4 Å². The molecule has 132 valence electrons. The molecule has 26 heavy (non-hydrogen) atoms. The number of aromatic amines is 1. The summed E-state index contributed by atoms with van der Waals surface area (Å²) in [5.41, 5.74) is 1.55. The van der Waals surface area contributed by atoms with Crippen LogP contribution < -0.4 is 10.7 Å². The number of hydrogen-bond donors (Lipinski definition) is 2. The second kappa shape index (κ2) is 5.22. The third-order valence-electron chi connectivity index (χ3n) is 4.65. The van der Waals surface area contributed by atoms with Crippen LogP contribution in [0.15, 0.2) is 34.0 Å². The van der Waals surface area contributed by atoms with Gasteiger partial charge in [-0.3, -0.25) is 4.79 Å². The van der Waals surface area contributed by atoms with Crippen molar-refractivity contribution < 1.29 is 8.42 Å². The quantitative estimate of drug-likeness (QED) is 0.539. The number of hydrogen-bond acceptors (Lipinski definition) is 6. The Bertz CT molecular complexity index is 1350. The van der Waals surface area contributed by atoms with Crippen LogP contribution in [0, 0.1) is 0 Å². The molecule has 0 unspecified atom stereocenters. The molecule has 3 aromatic heterocycles. The van der Waals surface area contributed by atoms with Crippen LogP contribution in [-0.2, 0) is 22.9 Å². The van der Waals surface area contributed by atoms with Gasteiger partial charge in [-0.15, -0.1) is 11.3 Å². The van der Waals surface area contributed by atoms with Gasteiger partial charge in [-0.2, -0.15) is 5.10 Å². The maximum atomic E-state index is 13.1. The lowest BCUT2D eigenvalue weighted by molar-refractivity contribution is 0.598. The molecule has 1 aromatic carbocycles. The molecule has 0 saturated carbocycles. The first-order valence-corrected chi connectivity index (χ1v) is 10.3. The number of aryl methyl sites for hydroxylation is 2. The minimum atomic E-state index is -3.77. The van der Waals surface area contributed by atoms with E-state index in [9.17, 15) is 13.2 Å². The predicted molar refractivity (Wildman–Crippen MR) is 97.8 cm³/mol. The van der Waals surface area contributed by atoms with Gasteiger partial charge in [0, 0.05) is 10.4 Å². The maximum Gasteiger partial charge on any atom is 0.269 e. The van der Waals surface area contributed by atoms with Crippen molar-refractivity contribution in [2.45, 2.75) is 24.2 Å². The van der Waals surface area contributed by atoms with E-state index in [0.29, 0.717) is 22.6 Å². The van der Waals surface area contributed by atoms with Crippen LogP contribution in [0.5, 0.6) is 0 Å². The molecule has 0 spiro atoms. The molecular weight excluding hydrogens is 374 g/mol. The summed E-state index contributed by atoms with van der Waals surface area (Å²) in [4.78, 5) is 19.7. The summed E-state index contributed by atoms with van der Waals surface area (Å²) in [5, 5.41) is 12.8. The third-order valence-corrected chi connectivity index (χ3v) is 6.77. The van der Waals surface area contributed by atoms with Crippen molar-refractivity contribution in [1.82, 2.24) is 19.6 Å². The van der Waals surface area contributed by atoms with Gasteiger partial charge in [-0.05, 0) is 49.1 Å². The number of rotatable bonds is 2. The monoisotopic (exact) mass is 387 g/mol. The van der Waals surface area contributed by atoms with Crippen LogP contribution in [-0.4, -0.2) is 28.0 Å². The van der Waals surface area contributed by atoms with E-state index in [1.807, 2.05) is 0 Å². The lowest BCUT2D eigenvalue weighted by atomic mass is 10.2. The molecule has 3 N–H and O–H groups in total. The van der Waals surface area contributed by atoms with E-state index in [4.69, 9.17) is 5.14 Å². The lowest BCUT2D eigenvalue weighted by Crippen LogP contribution is -2.15. The summed E-state index contributed by atoms with van der Waals surface area (Å²) in [6, 6.07) is 5.93. The smallest absolute Gasteiger partial charge is 0.268 e. The first kappa shape index (κ1) is 15.7. The largest absolute Gasteiger partial charge is 0.269 e. The van der Waals surface area contributed by atoms with Crippen LogP contribution in [0.4, 0.5) is 0 Å². The fourth-order valence-corrected chi connectivity index (χ4v) is 5.22. The lowest BCUT2D eigenvalue weighted by Gasteiger charge is -2.02. The minimum Gasteiger partial charge on any atom is -0.268 e. The highest BCUT2D eigenvalue weighted by molar-refractivity contribution is 7.89. The minimum absolute atomic E-state index is 0.00427. The summed E-state index contributed by atoms with van der Waals surface area (Å²) in [5.74, 6) is 0.756. The Kier molecular flexibility index (Phi) is 3.15. The van der Waals surface area contributed by atoms with Gasteiger partial charge in [0.05, 0.1) is 10.3 Å². The first-order valence-electron chi connectivity index (χ1n) is 7.98. The van der Waals surface area contributed by atoms with E-state index >= 15 is 0 Å². The van der Waals surface area contributed by atoms with Crippen molar-refractivity contribution in [3.8, 4) is 11.4 Å². The van der Waals surface area contributed by atoms with E-state index in [-0.39, 0.29) is 10.5 Å². The van der Waals surface area contributed by atoms with E-state index in [1.165, 1.54) is 21.4 Å². The van der Waals surface area contributed by atoms with Gasteiger partial charge in [0.15, 0.2) is 5.82 Å². The zero-order chi connectivity index (χ0) is 18.1. The summed E-state index contributed by atoms with van der Waals surface area (Å²) in [6.45, 7) is 0. The van der Waals surface area contributed by atoms with Gasteiger partial charge < -0.3 is 0 Å². The van der Waals surface area contributed by atoms with Gasteiger partial charge in [-0.25, -0.2) is 28.0 Å². The van der Waals surface area contributed by atoms with E-state index in [0.717, 1.165) is 29.7 Å². The molecule has 0 aliphatic heterocycles. The number of benzene rings is 1. The average molecular weight is 387 g/mol. The molecule has 5 rings (SSSR count). The summed E-state index contributed by atoms with van der Waals surface area (Å²) < 4.78 is 24.3. The Hall–Kier alpha value is -2.56. The number of nitrogens with one attached hydrogen (secondary N) is 1. The number of nitrogens with two attached hydrogens (primary N) is 1. The molecular formula is C16H13N5O3S2. The highest BCUT2D eigenvalue weighted by Crippen LogP contribution is 2.35. The van der Waals surface area contributed by atoms with Crippen molar-refractivity contribution in [2.75, 3.05) is 0 Å². The zero-order valence-corrected chi connectivity index (χ0v) is 15.0. The Morgan fingerprint density at radius 1 is 1.19 bits per heavy atom. The van der Waals surface area contributed by atoms with Crippen molar-refractivity contribution in [3.05, 3.63) is 45.1 Å². The normalized spacial score (nSPS) is 14.3. The molecule has 1 aliphatic carbocycles. The van der Waals surface area contributed by atoms with Gasteiger partial charge in [0.2, 0.25) is 15.8 Å². The Balaban J connectivity index is 1.77. The molecule has 3 heterocycles. The van der Waals surface area contributed by atoms with E-state index in [1.54, 1.807) is 23.5 Å². The molecule has 0 fully saturated rings. The second-order valence-electron chi connectivity index (χ2n) is 6.23. The average Bonchev–Trinajstić information content (AvgIpc) is 3.28. The third kappa shape index (κ3) is 2.16. The molecule has 4 aromatic rings. The molecule has 0 amide bonds. The zero-order valence-electron chi connectivity index (χ0n) is 13.4. The van der Waals surface area contributed by atoms with Crippen LogP contribution in [0.3, 0.4) is 0 Å². The number of nitrogens with zero attached hydrogens (tertiary/aromatic N) is 3. The Labute approximate surface area is 151 Å². The summed E-state index contributed by atoms with van der Waals surface area (Å²) in [6.07, 6.45) is 2.95. The van der Waals surface area contributed by atoms with Crippen molar-refractivity contribution in [1.29, 1.82) is 0 Å². The van der Waals surface area contributed by atoms with Gasteiger partial charge >= 0.3 is 0 Å². The molecule has 0 atom stereocenters. The molecule has 0 radical (unpaired) electrons. The SMILES string of the molecule is NS(=O)(=O)c1ccc(-c2n[nH]c3nc4sc5c(c4c(=O)n23)CCC5)cc1. The van der Waals surface area contributed by atoms with Gasteiger partial charge in [0.25, 0.3) is 5.56 Å². The number of thiophene rings is 1. The second-order valence-corrected chi connectivity index (χ2v) is 8.88. The molecule has 0 bridgehead atoms. The van der Waals surface area contributed by atoms with Gasteiger partial charge in [-0.1, -0.05) is 0 Å². The topological polar surface area (TPSA) is 123 Å². The molecule has 8 nitrogen and oxygen atoms in total. The fraction of sp³-hybridized carbons (Fsp3) is 0.188. The highest BCUT2D eigenvalue weighted by atomic mass is 32.2. The number of fused-ring (bicyclic) bond motifs is 4. The fourth-order valence-electron chi connectivity index (χ4n) is 3.46. The number of sulfonamides is 1. The molecule has 10 heteroatoms. The van der Waals surface area contributed by atoms with Crippen LogP contribution in [0.2, 0.25) is 0 Å². The maximum absolute atomic E-state index is 13.1. The van der Waals surface area contributed by atoms with Crippen LogP contribution in [0.1, 0.15) is 16.9 Å². The number of primary sulfonamides is 1. The number of aromatic nitrogens is 4. The molecule has 0 saturated heterocycles. The van der Waals surface area contributed by atoms with Crippen molar-refractivity contribution in [3.63, 3.8) is 0 Å². The van der Waals surface area contributed by atoms with E-state index < -0.39 is 10.0 Å². The first-order chi connectivity index (χ1) is 12.4. The van der Waals surface area contributed by atoms with Crippen LogP contribution >= 0.6 is 11.3 Å². The summed E-state index contributed by atoms with van der Waals surface area (Å²) in [7, 11) is -3.77. The standard InChI is InChI=1S/C16H13N5O3S2/c17-26(23,24)9-6-4-8(5-7-9)13-19-20-16-18-14-12(15(22)21(13)16)10-2-1-3-11(10)25-14/h4-7H,1-3H2,(H,18,20)(H2,17,23,24). The Morgan fingerprint density at radius 2 is 1.96 bits per heavy atom. The highest BCUT2D eigenvalue weighted by Gasteiger charge is 2.23. The number of H-pyrrole nitrogens is 1. The van der Waals surface area contributed by atoms with Crippen molar-refractivity contribution in [2.24, 2.45) is 5.14 Å². The van der Waals surface area contributed by atoms with E-state index in [2.05, 4.69) is 15.2 Å².